The Labute approximate surface area is 89.7 Å². The molecule has 15 heavy (non-hydrogen) atoms. The minimum Gasteiger partial charge on any atom is -0.399 e. The van der Waals surface area contributed by atoms with Crippen LogP contribution in [0.3, 0.4) is 0 Å². The van der Waals surface area contributed by atoms with Crippen molar-refractivity contribution in [3.05, 3.63) is 29.8 Å². The van der Waals surface area contributed by atoms with E-state index in [0.717, 1.165) is 29.1 Å². The number of nitrogen functional groups attached to an aromatic ring is 1. The molecule has 1 aliphatic heterocycles. The molecule has 3 heteroatoms. The second-order valence-electron chi connectivity index (χ2n) is 4.09. The fourth-order valence-corrected chi connectivity index (χ4v) is 1.56. The van der Waals surface area contributed by atoms with E-state index in [1.807, 2.05) is 24.3 Å². The fourth-order valence-electron chi connectivity index (χ4n) is 1.56. The Kier molecular flexibility index (Phi) is 2.54. The summed E-state index contributed by atoms with van der Waals surface area (Å²) in [6.07, 6.45) is 0.848. The van der Waals surface area contributed by atoms with Crippen molar-refractivity contribution in [2.75, 3.05) is 5.73 Å². The van der Waals surface area contributed by atoms with E-state index in [1.54, 1.807) is 0 Å². The largest absolute Gasteiger partial charge is 0.399 e. The molecule has 0 atom stereocenters. The van der Waals surface area contributed by atoms with Gasteiger partial charge in [-0.1, -0.05) is 26.0 Å². The zero-order valence-corrected chi connectivity index (χ0v) is 9.07. The molecule has 0 saturated carbocycles. The first-order chi connectivity index (χ1) is 7.16. The van der Waals surface area contributed by atoms with E-state index < -0.39 is 0 Å². The molecule has 0 unspecified atom stereocenters. The number of nitrogens with two attached hydrogens (primary N) is 1. The molecule has 1 aromatic carbocycles. The molecule has 0 aliphatic carbocycles. The predicted molar refractivity (Wildman–Crippen MR) is 64.3 cm³/mol. The maximum atomic E-state index is 5.73. The average molecular weight is 201 g/mol. The molecular weight excluding hydrogens is 186 g/mol. The van der Waals surface area contributed by atoms with Gasteiger partial charge in [-0.25, -0.2) is 0 Å². The Morgan fingerprint density at radius 1 is 1.27 bits per heavy atom. The van der Waals surface area contributed by atoms with E-state index in [4.69, 9.17) is 5.73 Å². The van der Waals surface area contributed by atoms with E-state index in [0.29, 0.717) is 5.92 Å². The highest BCUT2D eigenvalue weighted by Gasteiger charge is 2.16. The first kappa shape index (κ1) is 9.90. The summed E-state index contributed by atoms with van der Waals surface area (Å²) in [6.45, 7) is 4.27. The summed E-state index contributed by atoms with van der Waals surface area (Å²) in [5.41, 5.74) is 9.74. The van der Waals surface area contributed by atoms with Gasteiger partial charge in [-0.15, -0.1) is 0 Å². The Bertz CT molecular complexity index is 430. The van der Waals surface area contributed by atoms with Crippen molar-refractivity contribution in [3.63, 3.8) is 0 Å². The van der Waals surface area contributed by atoms with Crippen LogP contribution in [0.15, 0.2) is 34.5 Å². The van der Waals surface area contributed by atoms with E-state index in [-0.39, 0.29) is 0 Å². The van der Waals surface area contributed by atoms with Crippen LogP contribution in [-0.2, 0) is 0 Å². The number of benzene rings is 1. The minimum atomic E-state index is 0.465. The summed E-state index contributed by atoms with van der Waals surface area (Å²) in [7, 11) is 0. The molecule has 0 fully saturated rings. The van der Waals surface area contributed by atoms with Gasteiger partial charge in [0.05, 0.1) is 5.71 Å². The third-order valence-electron chi connectivity index (χ3n) is 2.53. The van der Waals surface area contributed by atoms with Gasteiger partial charge in [0.2, 0.25) is 0 Å². The summed E-state index contributed by atoms with van der Waals surface area (Å²) in [5, 5.41) is 8.39. The van der Waals surface area contributed by atoms with E-state index >= 15 is 0 Å². The zero-order valence-electron chi connectivity index (χ0n) is 9.07. The molecule has 0 radical (unpaired) electrons. The van der Waals surface area contributed by atoms with Gasteiger partial charge in [-0.3, -0.25) is 0 Å². The number of rotatable bonds is 2. The topological polar surface area (TPSA) is 50.7 Å². The van der Waals surface area contributed by atoms with Crippen LogP contribution in [0.1, 0.15) is 25.8 Å². The fraction of sp³-hybridized carbons (Fsp3) is 0.333. The van der Waals surface area contributed by atoms with Gasteiger partial charge < -0.3 is 5.73 Å². The molecule has 2 N–H and O–H groups in total. The van der Waals surface area contributed by atoms with E-state index in [2.05, 4.69) is 24.1 Å². The van der Waals surface area contributed by atoms with Crippen LogP contribution in [0, 0.1) is 5.92 Å². The van der Waals surface area contributed by atoms with Crippen molar-refractivity contribution in [2.24, 2.45) is 16.1 Å². The minimum absolute atomic E-state index is 0.465. The molecule has 1 aromatic rings. The monoisotopic (exact) mass is 201 g/mol. The molecule has 1 heterocycles. The Morgan fingerprint density at radius 3 is 2.67 bits per heavy atom. The van der Waals surface area contributed by atoms with Crippen molar-refractivity contribution in [2.45, 2.75) is 20.3 Å². The second-order valence-corrected chi connectivity index (χ2v) is 4.09. The third-order valence-corrected chi connectivity index (χ3v) is 2.53. The highest BCUT2D eigenvalue weighted by Crippen LogP contribution is 2.17. The number of nitrogens with zero attached hydrogens (tertiary/aromatic N) is 2. The lowest BCUT2D eigenvalue weighted by molar-refractivity contribution is 0.871. The van der Waals surface area contributed by atoms with Crippen molar-refractivity contribution in [1.29, 1.82) is 0 Å². The summed E-state index contributed by atoms with van der Waals surface area (Å²) >= 11 is 0. The lowest BCUT2D eigenvalue weighted by Crippen LogP contribution is -2.09. The highest BCUT2D eigenvalue weighted by molar-refractivity contribution is 6.15. The Balaban J connectivity index is 2.17. The van der Waals surface area contributed by atoms with Gasteiger partial charge in [-0.2, -0.15) is 10.2 Å². The maximum Gasteiger partial charge on any atom is 0.0760 e. The quantitative estimate of drug-likeness (QED) is 0.734. The summed E-state index contributed by atoms with van der Waals surface area (Å²) in [4.78, 5) is 0. The SMILES string of the molecule is CC(C)C1=NN=C(c2cccc(N)c2)C1. The average Bonchev–Trinajstić information content (AvgIpc) is 2.66. The number of hydrogen-bond donors (Lipinski definition) is 1. The molecule has 0 saturated heterocycles. The van der Waals surface area contributed by atoms with Crippen molar-refractivity contribution < 1.29 is 0 Å². The second kappa shape index (κ2) is 3.85. The first-order valence-electron chi connectivity index (χ1n) is 5.16. The van der Waals surface area contributed by atoms with Gasteiger partial charge in [-0.05, 0) is 18.1 Å². The normalized spacial score (nSPS) is 15.4. The first-order valence-corrected chi connectivity index (χ1v) is 5.16. The van der Waals surface area contributed by atoms with Crippen LogP contribution in [0.5, 0.6) is 0 Å². The Morgan fingerprint density at radius 2 is 2.07 bits per heavy atom. The van der Waals surface area contributed by atoms with Gasteiger partial charge in [0.25, 0.3) is 0 Å². The van der Waals surface area contributed by atoms with E-state index in [1.165, 1.54) is 0 Å². The molecule has 0 bridgehead atoms. The van der Waals surface area contributed by atoms with Crippen LogP contribution in [0.25, 0.3) is 0 Å². The molecule has 0 amide bonds. The predicted octanol–water partition coefficient (Wildman–Crippen LogP) is 2.47. The van der Waals surface area contributed by atoms with Gasteiger partial charge in [0, 0.05) is 23.4 Å². The molecule has 0 aromatic heterocycles. The lowest BCUT2D eigenvalue weighted by Gasteiger charge is -2.04. The molecular formula is C12H15N3. The smallest absolute Gasteiger partial charge is 0.0760 e. The van der Waals surface area contributed by atoms with Crippen LogP contribution in [0.4, 0.5) is 5.69 Å². The third kappa shape index (κ3) is 2.06. The van der Waals surface area contributed by atoms with Crippen molar-refractivity contribution >= 4 is 17.1 Å². The number of hydrogen-bond acceptors (Lipinski definition) is 3. The molecule has 1 aliphatic rings. The van der Waals surface area contributed by atoms with Crippen molar-refractivity contribution in [1.82, 2.24) is 0 Å². The van der Waals surface area contributed by atoms with Crippen LogP contribution >= 0.6 is 0 Å². The lowest BCUT2D eigenvalue weighted by atomic mass is 9.99. The molecule has 0 spiro atoms. The van der Waals surface area contributed by atoms with Crippen LogP contribution in [-0.4, -0.2) is 11.4 Å². The van der Waals surface area contributed by atoms with Crippen molar-refractivity contribution in [3.8, 4) is 0 Å². The van der Waals surface area contributed by atoms with E-state index in [9.17, 15) is 0 Å². The Hall–Kier alpha value is -1.64. The van der Waals surface area contributed by atoms with Gasteiger partial charge >= 0.3 is 0 Å². The number of anilines is 1. The van der Waals surface area contributed by atoms with Gasteiger partial charge in [0.1, 0.15) is 0 Å². The molecule has 3 nitrogen and oxygen atoms in total. The summed E-state index contributed by atoms with van der Waals surface area (Å²) in [5.74, 6) is 0.465. The standard InChI is InChI=1S/C12H15N3/c1-8(2)11-7-12(15-14-11)9-4-3-5-10(13)6-9/h3-6,8H,7,13H2,1-2H3. The van der Waals surface area contributed by atoms with Crippen LogP contribution < -0.4 is 5.73 Å². The maximum absolute atomic E-state index is 5.73. The van der Waals surface area contributed by atoms with Gasteiger partial charge in [0.15, 0.2) is 0 Å². The zero-order chi connectivity index (χ0) is 10.8. The summed E-state index contributed by atoms with van der Waals surface area (Å²) < 4.78 is 0. The summed E-state index contributed by atoms with van der Waals surface area (Å²) in [6, 6.07) is 7.79. The van der Waals surface area contributed by atoms with Crippen LogP contribution in [0.2, 0.25) is 0 Å². The highest BCUT2D eigenvalue weighted by atomic mass is 15.2. The molecule has 2 rings (SSSR count). The molecule has 78 valence electrons.